The number of benzene rings is 3. The van der Waals surface area contributed by atoms with Crippen LogP contribution in [0.4, 0.5) is 0 Å². The van der Waals surface area contributed by atoms with Crippen LogP contribution in [-0.4, -0.2) is 33.7 Å². The zero-order valence-electron chi connectivity index (χ0n) is 18.9. The van der Waals surface area contributed by atoms with E-state index < -0.39 is 12.1 Å². The molecule has 2 aliphatic rings. The Labute approximate surface area is 196 Å². The maximum absolute atomic E-state index is 13.8. The molecule has 2 N–H and O–H groups in total. The number of amides is 1. The fraction of sp³-hybridized carbons (Fsp3) is 0.310. The first-order valence-corrected chi connectivity index (χ1v) is 11.9. The van der Waals surface area contributed by atoms with Gasteiger partial charge in [0.25, 0.3) is 0 Å². The van der Waals surface area contributed by atoms with E-state index in [1.165, 1.54) is 0 Å². The first kappa shape index (κ1) is 21.9. The Morgan fingerprint density at radius 3 is 2.03 bits per heavy atom. The maximum atomic E-state index is 13.8. The highest BCUT2D eigenvalue weighted by Crippen LogP contribution is 2.40. The van der Waals surface area contributed by atoms with Gasteiger partial charge in [-0.05, 0) is 48.8 Å². The minimum atomic E-state index is -0.904. The molecule has 1 unspecified atom stereocenters. The van der Waals surface area contributed by atoms with Crippen LogP contribution in [-0.2, 0) is 17.8 Å². The Morgan fingerprint density at radius 2 is 1.42 bits per heavy atom. The molecule has 1 aliphatic carbocycles. The third-order valence-corrected chi connectivity index (χ3v) is 7.14. The Hall–Kier alpha value is -2.95. The molecule has 4 nitrogen and oxygen atoms in total. The van der Waals surface area contributed by atoms with E-state index in [0.29, 0.717) is 13.0 Å². The third kappa shape index (κ3) is 4.46. The number of nitrogens with one attached hydrogen (secondary N) is 1. The predicted octanol–water partition coefficient (Wildman–Crippen LogP) is 4.48. The lowest BCUT2D eigenvalue weighted by Gasteiger charge is -2.35. The van der Waals surface area contributed by atoms with E-state index in [-0.39, 0.29) is 11.6 Å². The quantitative estimate of drug-likeness (QED) is 0.571. The largest absolute Gasteiger partial charge is 0.390 e. The Kier molecular flexibility index (Phi) is 6.30. The lowest BCUT2D eigenvalue weighted by atomic mass is 9.84. The van der Waals surface area contributed by atoms with E-state index in [0.717, 1.165) is 48.3 Å². The fourth-order valence-electron chi connectivity index (χ4n) is 5.44. The summed E-state index contributed by atoms with van der Waals surface area (Å²) in [6.45, 7) is 0.565. The highest BCUT2D eigenvalue weighted by atomic mass is 16.3. The van der Waals surface area contributed by atoms with Crippen LogP contribution in [0.3, 0.4) is 0 Å². The van der Waals surface area contributed by atoms with Crippen LogP contribution in [0.1, 0.15) is 42.4 Å². The molecule has 5 rings (SSSR count). The summed E-state index contributed by atoms with van der Waals surface area (Å²) in [6.07, 6.45) is 3.73. The maximum Gasteiger partial charge on any atom is 0.244 e. The summed E-state index contributed by atoms with van der Waals surface area (Å²) in [6, 6.07) is 29.6. The van der Waals surface area contributed by atoms with Crippen molar-refractivity contribution < 1.29 is 9.90 Å². The van der Waals surface area contributed by atoms with Crippen LogP contribution in [0.25, 0.3) is 0 Å². The van der Waals surface area contributed by atoms with Crippen LogP contribution in [0, 0.1) is 5.92 Å². The first-order valence-electron chi connectivity index (χ1n) is 11.9. The van der Waals surface area contributed by atoms with Crippen molar-refractivity contribution in [3.63, 3.8) is 0 Å². The van der Waals surface area contributed by atoms with Crippen molar-refractivity contribution in [2.75, 3.05) is 0 Å². The highest BCUT2D eigenvalue weighted by Gasteiger charge is 2.54. The highest BCUT2D eigenvalue weighted by molar-refractivity contribution is 5.86. The van der Waals surface area contributed by atoms with Gasteiger partial charge in [-0.1, -0.05) is 91.0 Å². The molecule has 0 bridgehead atoms. The van der Waals surface area contributed by atoms with Gasteiger partial charge in [0.2, 0.25) is 5.91 Å². The molecule has 1 aliphatic heterocycles. The zero-order valence-corrected chi connectivity index (χ0v) is 18.9. The van der Waals surface area contributed by atoms with Crippen LogP contribution < -0.4 is 5.32 Å². The predicted molar refractivity (Wildman–Crippen MR) is 130 cm³/mol. The summed E-state index contributed by atoms with van der Waals surface area (Å²) in [5.41, 5.74) is 2.85. The van der Waals surface area contributed by atoms with Crippen molar-refractivity contribution in [2.45, 2.75) is 56.5 Å². The van der Waals surface area contributed by atoms with Gasteiger partial charge in [0.15, 0.2) is 0 Å². The molecule has 1 radical (unpaired) electrons. The normalized spacial score (nSPS) is 20.6. The van der Waals surface area contributed by atoms with Gasteiger partial charge in [-0.2, -0.15) is 0 Å². The van der Waals surface area contributed by atoms with Gasteiger partial charge in [-0.25, -0.2) is 0 Å². The standard InChI is InChI=1S/C29H31N2O2/c32-27(25(24-16-8-3-9-17-24)20-22-12-4-1-5-13-22)26-28(33)31(21-23-14-6-2-7-15-23)29(30-26)18-10-11-19-29/h1-9,12-17,26-27,30,32H,10-11,18-21H2/t26?,27-/m1/s1. The van der Waals surface area contributed by atoms with Crippen molar-refractivity contribution in [2.24, 2.45) is 0 Å². The zero-order chi connectivity index (χ0) is 22.7. The number of nitrogens with zero attached hydrogens (tertiary/aromatic N) is 1. The van der Waals surface area contributed by atoms with Crippen LogP contribution in [0.15, 0.2) is 91.0 Å². The van der Waals surface area contributed by atoms with Crippen molar-refractivity contribution in [1.29, 1.82) is 0 Å². The second-order valence-electron chi connectivity index (χ2n) is 9.27. The molecule has 1 heterocycles. The topological polar surface area (TPSA) is 52.6 Å². The van der Waals surface area contributed by atoms with Crippen LogP contribution in [0.2, 0.25) is 0 Å². The lowest BCUT2D eigenvalue weighted by Crippen LogP contribution is -2.51. The van der Waals surface area contributed by atoms with Gasteiger partial charge in [0.05, 0.1) is 11.8 Å². The van der Waals surface area contributed by atoms with E-state index in [1.54, 1.807) is 0 Å². The number of hydrogen-bond acceptors (Lipinski definition) is 3. The second kappa shape index (κ2) is 9.50. The minimum absolute atomic E-state index is 0.00486. The average molecular weight is 440 g/mol. The van der Waals surface area contributed by atoms with Crippen molar-refractivity contribution in [1.82, 2.24) is 10.2 Å². The van der Waals surface area contributed by atoms with Gasteiger partial charge in [0.1, 0.15) is 6.04 Å². The minimum Gasteiger partial charge on any atom is -0.390 e. The SMILES string of the molecule is O=C1C([C@H](O)[C](Cc2ccccc2)c2ccccc2)NC2(CCCC2)N1Cc1ccccc1. The van der Waals surface area contributed by atoms with Gasteiger partial charge < -0.3 is 10.0 Å². The number of hydrogen-bond donors (Lipinski definition) is 2. The second-order valence-corrected chi connectivity index (χ2v) is 9.27. The first-order chi connectivity index (χ1) is 16.2. The summed E-state index contributed by atoms with van der Waals surface area (Å²) >= 11 is 0. The summed E-state index contributed by atoms with van der Waals surface area (Å²) in [5, 5.41) is 15.3. The molecular formula is C29H31N2O2. The van der Waals surface area contributed by atoms with E-state index in [4.69, 9.17) is 0 Å². The Bertz CT molecular complexity index is 1050. The van der Waals surface area contributed by atoms with Crippen molar-refractivity contribution in [3.8, 4) is 0 Å². The number of carbonyl (C=O) groups is 1. The van der Waals surface area contributed by atoms with E-state index >= 15 is 0 Å². The van der Waals surface area contributed by atoms with Gasteiger partial charge >= 0.3 is 0 Å². The van der Waals surface area contributed by atoms with Gasteiger partial charge in [-0.15, -0.1) is 0 Å². The molecule has 169 valence electrons. The smallest absolute Gasteiger partial charge is 0.244 e. The Balaban J connectivity index is 1.45. The third-order valence-electron chi connectivity index (χ3n) is 7.14. The van der Waals surface area contributed by atoms with Gasteiger partial charge in [-0.3, -0.25) is 10.1 Å². The molecule has 3 aromatic rings. The van der Waals surface area contributed by atoms with E-state index in [1.807, 2.05) is 71.6 Å². The molecule has 3 aromatic carbocycles. The molecule has 1 saturated carbocycles. The van der Waals surface area contributed by atoms with E-state index in [2.05, 4.69) is 29.6 Å². The molecule has 2 fully saturated rings. The van der Waals surface area contributed by atoms with Crippen LogP contribution in [0.5, 0.6) is 0 Å². The molecule has 4 heteroatoms. The molecule has 33 heavy (non-hydrogen) atoms. The summed E-state index contributed by atoms with van der Waals surface area (Å²) in [5.74, 6) is 0.872. The number of rotatable bonds is 7. The summed E-state index contributed by atoms with van der Waals surface area (Å²) in [7, 11) is 0. The molecule has 2 atom stereocenters. The van der Waals surface area contributed by atoms with Gasteiger partial charge in [0, 0.05) is 12.5 Å². The molecule has 0 aromatic heterocycles. The lowest BCUT2D eigenvalue weighted by molar-refractivity contribution is -0.134. The summed E-state index contributed by atoms with van der Waals surface area (Å²) < 4.78 is 0. The summed E-state index contributed by atoms with van der Waals surface area (Å²) in [4.78, 5) is 15.8. The molecule has 1 amide bonds. The number of aliphatic hydroxyl groups excluding tert-OH is 1. The molecular weight excluding hydrogens is 408 g/mol. The van der Waals surface area contributed by atoms with E-state index in [9.17, 15) is 9.90 Å². The fourth-order valence-corrected chi connectivity index (χ4v) is 5.44. The monoisotopic (exact) mass is 439 g/mol. The van der Waals surface area contributed by atoms with Crippen LogP contribution >= 0.6 is 0 Å². The molecule has 1 saturated heterocycles. The molecule has 1 spiro atoms. The number of aliphatic hydroxyl groups is 1. The van der Waals surface area contributed by atoms with Crippen molar-refractivity contribution >= 4 is 5.91 Å². The average Bonchev–Trinajstić information content (AvgIpc) is 3.44. The Morgan fingerprint density at radius 1 is 0.879 bits per heavy atom. The van der Waals surface area contributed by atoms with Crippen molar-refractivity contribution in [3.05, 3.63) is 114 Å². The number of carbonyl (C=O) groups excluding carboxylic acids is 1.